The van der Waals surface area contributed by atoms with Crippen molar-refractivity contribution in [1.29, 1.82) is 5.26 Å². The topological polar surface area (TPSA) is 28.1 Å². The van der Waals surface area contributed by atoms with Gasteiger partial charge in [-0.1, -0.05) is 13.8 Å². The van der Waals surface area contributed by atoms with Crippen molar-refractivity contribution in [2.45, 2.75) is 26.3 Å². The van der Waals surface area contributed by atoms with Gasteiger partial charge in [0.1, 0.15) is 0 Å². The van der Waals surface area contributed by atoms with Crippen molar-refractivity contribution in [3.05, 3.63) is 11.4 Å². The van der Waals surface area contributed by atoms with Crippen LogP contribution in [0, 0.1) is 23.8 Å². The van der Waals surface area contributed by atoms with Gasteiger partial charge >= 0.3 is 5.54 Å². The van der Waals surface area contributed by atoms with E-state index >= 15 is 0 Å². The summed E-state index contributed by atoms with van der Waals surface area (Å²) in [6.07, 6.45) is 0. The number of hydrogen-bond donors (Lipinski definition) is 0. The number of hydrogen-bond acceptors (Lipinski definition) is 1. The molecule has 0 amide bonds. The average Bonchev–Trinajstić information content (AvgIpc) is 1.86. The van der Waals surface area contributed by atoms with Crippen LogP contribution in [0.25, 0.3) is 4.85 Å². The summed E-state index contributed by atoms with van der Waals surface area (Å²) in [6, 6.07) is 1.97. The quantitative estimate of drug-likeness (QED) is 0.488. The number of rotatable bonds is 1. The third-order valence-corrected chi connectivity index (χ3v) is 1.58. The maximum absolute atomic E-state index is 8.49. The summed E-state index contributed by atoms with van der Waals surface area (Å²) >= 11 is 0. The number of nitrogens with zero attached hydrogens (tertiary/aromatic N) is 2. The molecule has 1 unspecified atom stereocenters. The molecule has 2 nitrogen and oxygen atoms in total. The van der Waals surface area contributed by atoms with Crippen molar-refractivity contribution >= 4 is 0 Å². The Morgan fingerprint density at radius 1 is 1.67 bits per heavy atom. The SMILES string of the molecule is [C-]#[N+]C(C)(C#N)C(C)C. The standard InChI is InChI=1S/C7H10N2/c1-6(2)7(3,5-8)9-4/h6H,1-3H3. The van der Waals surface area contributed by atoms with Gasteiger partial charge in [-0.3, -0.25) is 4.85 Å². The summed E-state index contributed by atoms with van der Waals surface area (Å²) in [5.41, 5.74) is -0.819. The highest BCUT2D eigenvalue weighted by Crippen LogP contribution is 2.19. The summed E-state index contributed by atoms with van der Waals surface area (Å²) in [5, 5.41) is 8.49. The predicted octanol–water partition coefficient (Wildman–Crippen LogP) is 1.84. The lowest BCUT2D eigenvalue weighted by atomic mass is 9.91. The van der Waals surface area contributed by atoms with E-state index in [0.29, 0.717) is 0 Å². The summed E-state index contributed by atoms with van der Waals surface area (Å²) in [4.78, 5) is 3.23. The molecular formula is C7H10N2. The molecular weight excluding hydrogens is 112 g/mol. The molecule has 0 aliphatic heterocycles. The van der Waals surface area contributed by atoms with Gasteiger partial charge in [-0.15, -0.1) is 0 Å². The summed E-state index contributed by atoms with van der Waals surface area (Å²) in [7, 11) is 0. The fraction of sp³-hybridized carbons (Fsp3) is 0.714. The monoisotopic (exact) mass is 122 g/mol. The molecule has 0 saturated heterocycles. The molecule has 0 aromatic rings. The van der Waals surface area contributed by atoms with Crippen LogP contribution in [-0.2, 0) is 0 Å². The van der Waals surface area contributed by atoms with E-state index in [4.69, 9.17) is 11.8 Å². The van der Waals surface area contributed by atoms with Crippen molar-refractivity contribution in [1.82, 2.24) is 0 Å². The molecule has 1 atom stereocenters. The molecule has 0 aliphatic carbocycles. The van der Waals surface area contributed by atoms with Crippen molar-refractivity contribution in [3.8, 4) is 6.07 Å². The largest absolute Gasteiger partial charge is 0.315 e. The lowest BCUT2D eigenvalue weighted by Gasteiger charge is -2.10. The van der Waals surface area contributed by atoms with Crippen LogP contribution in [-0.4, -0.2) is 5.54 Å². The molecule has 0 fully saturated rings. The summed E-state index contributed by atoms with van der Waals surface area (Å²) in [6.45, 7) is 12.1. The lowest BCUT2D eigenvalue weighted by Crippen LogP contribution is -2.24. The van der Waals surface area contributed by atoms with Crippen molar-refractivity contribution < 1.29 is 0 Å². The molecule has 0 aromatic heterocycles. The zero-order valence-electron chi connectivity index (χ0n) is 5.97. The van der Waals surface area contributed by atoms with Gasteiger partial charge in [0.2, 0.25) is 0 Å². The van der Waals surface area contributed by atoms with Crippen LogP contribution < -0.4 is 0 Å². The second-order valence-electron chi connectivity index (χ2n) is 2.53. The first-order valence-electron chi connectivity index (χ1n) is 2.86. The van der Waals surface area contributed by atoms with Crippen LogP contribution in [0.2, 0.25) is 0 Å². The van der Waals surface area contributed by atoms with Crippen LogP contribution in [0.1, 0.15) is 20.8 Å². The van der Waals surface area contributed by atoms with Gasteiger partial charge < -0.3 is 0 Å². The Hall–Kier alpha value is -1.02. The van der Waals surface area contributed by atoms with E-state index in [0.717, 1.165) is 0 Å². The van der Waals surface area contributed by atoms with Crippen LogP contribution in [0.4, 0.5) is 0 Å². The van der Waals surface area contributed by atoms with Crippen LogP contribution in [0.15, 0.2) is 0 Å². The third-order valence-electron chi connectivity index (χ3n) is 1.58. The van der Waals surface area contributed by atoms with Crippen LogP contribution in [0.3, 0.4) is 0 Å². The zero-order valence-corrected chi connectivity index (χ0v) is 5.97. The fourth-order valence-corrected chi connectivity index (χ4v) is 0.283. The first-order chi connectivity index (χ1) is 4.06. The maximum Gasteiger partial charge on any atom is 0.315 e. The Labute approximate surface area is 55.9 Å². The second-order valence-corrected chi connectivity index (χ2v) is 2.53. The molecule has 0 heterocycles. The molecule has 0 rings (SSSR count). The zero-order chi connectivity index (χ0) is 7.49. The van der Waals surface area contributed by atoms with E-state index in [-0.39, 0.29) is 5.92 Å². The fourth-order valence-electron chi connectivity index (χ4n) is 0.283. The Balaban J connectivity index is 4.39. The highest BCUT2D eigenvalue weighted by atomic mass is 14.8. The normalized spacial score (nSPS) is 15.8. The Kier molecular flexibility index (Phi) is 2.22. The van der Waals surface area contributed by atoms with Gasteiger partial charge in [-0.25, -0.2) is 6.57 Å². The minimum absolute atomic E-state index is 0.111. The Bertz CT molecular complexity index is 154. The first-order valence-corrected chi connectivity index (χ1v) is 2.86. The minimum atomic E-state index is -0.819. The lowest BCUT2D eigenvalue weighted by molar-refractivity contribution is 0.493. The predicted molar refractivity (Wildman–Crippen MR) is 35.5 cm³/mol. The van der Waals surface area contributed by atoms with Crippen molar-refractivity contribution in [2.75, 3.05) is 0 Å². The highest BCUT2D eigenvalue weighted by Gasteiger charge is 2.33. The van der Waals surface area contributed by atoms with E-state index in [1.807, 2.05) is 19.9 Å². The van der Waals surface area contributed by atoms with Gasteiger partial charge in [-0.05, 0) is 0 Å². The molecule has 0 N–H and O–H groups in total. The maximum atomic E-state index is 8.49. The molecule has 0 saturated carbocycles. The van der Waals surface area contributed by atoms with Crippen LogP contribution >= 0.6 is 0 Å². The molecule has 2 heteroatoms. The molecule has 9 heavy (non-hydrogen) atoms. The third kappa shape index (κ3) is 1.44. The summed E-state index contributed by atoms with van der Waals surface area (Å²) in [5.74, 6) is 0.111. The average molecular weight is 122 g/mol. The van der Waals surface area contributed by atoms with Gasteiger partial charge in [-0.2, -0.15) is 5.26 Å². The van der Waals surface area contributed by atoms with E-state index in [2.05, 4.69) is 4.85 Å². The van der Waals surface area contributed by atoms with E-state index in [1.165, 1.54) is 0 Å². The summed E-state index contributed by atoms with van der Waals surface area (Å²) < 4.78 is 0. The smallest absolute Gasteiger partial charge is 0.294 e. The van der Waals surface area contributed by atoms with Crippen LogP contribution in [0.5, 0.6) is 0 Å². The van der Waals surface area contributed by atoms with Gasteiger partial charge in [0.25, 0.3) is 0 Å². The molecule has 0 bridgehead atoms. The number of nitriles is 1. The Morgan fingerprint density at radius 2 is 2.11 bits per heavy atom. The van der Waals surface area contributed by atoms with Gasteiger partial charge in [0, 0.05) is 12.8 Å². The highest BCUT2D eigenvalue weighted by molar-refractivity contribution is 5.13. The van der Waals surface area contributed by atoms with Gasteiger partial charge in [0.05, 0.1) is 0 Å². The molecule has 0 spiro atoms. The molecule has 0 radical (unpaired) electrons. The Morgan fingerprint density at radius 3 is 2.11 bits per heavy atom. The second kappa shape index (κ2) is 2.51. The van der Waals surface area contributed by atoms with E-state index in [9.17, 15) is 0 Å². The van der Waals surface area contributed by atoms with E-state index < -0.39 is 5.54 Å². The van der Waals surface area contributed by atoms with Crippen molar-refractivity contribution in [2.24, 2.45) is 5.92 Å². The molecule has 48 valence electrons. The first kappa shape index (κ1) is 7.98. The minimum Gasteiger partial charge on any atom is -0.294 e. The van der Waals surface area contributed by atoms with Crippen molar-refractivity contribution in [3.63, 3.8) is 0 Å². The van der Waals surface area contributed by atoms with E-state index in [1.54, 1.807) is 6.92 Å². The molecule has 0 aromatic carbocycles. The van der Waals surface area contributed by atoms with Gasteiger partial charge in [0.15, 0.2) is 6.07 Å². The molecule has 0 aliphatic rings.